The number of nitrogens with two attached hydrogens (primary N) is 1. The van der Waals surface area contributed by atoms with Crippen LogP contribution in [0.25, 0.3) is 0 Å². The second kappa shape index (κ2) is 5.60. The van der Waals surface area contributed by atoms with Crippen LogP contribution in [0.15, 0.2) is 24.3 Å². The Kier molecular flexibility index (Phi) is 4.13. The molecule has 0 bridgehead atoms. The van der Waals surface area contributed by atoms with Crippen LogP contribution in [0.1, 0.15) is 24.9 Å². The number of thioether (sulfide) groups is 1. The van der Waals surface area contributed by atoms with Crippen molar-refractivity contribution in [1.82, 2.24) is 4.90 Å². The van der Waals surface area contributed by atoms with Crippen molar-refractivity contribution < 1.29 is 0 Å². The molecule has 1 saturated heterocycles. The van der Waals surface area contributed by atoms with Crippen molar-refractivity contribution in [2.75, 3.05) is 30.3 Å². The molecule has 16 heavy (non-hydrogen) atoms. The van der Waals surface area contributed by atoms with Crippen LogP contribution < -0.4 is 5.73 Å². The quantitative estimate of drug-likeness (QED) is 0.801. The van der Waals surface area contributed by atoms with Gasteiger partial charge in [0.1, 0.15) is 0 Å². The first-order valence-electron chi connectivity index (χ1n) is 5.94. The van der Waals surface area contributed by atoms with Gasteiger partial charge >= 0.3 is 0 Å². The molecule has 0 spiro atoms. The largest absolute Gasteiger partial charge is 0.399 e. The van der Waals surface area contributed by atoms with E-state index in [-0.39, 0.29) is 0 Å². The lowest BCUT2D eigenvalue weighted by atomic mass is 10.1. The Morgan fingerprint density at radius 3 is 2.69 bits per heavy atom. The Labute approximate surface area is 102 Å². The van der Waals surface area contributed by atoms with Crippen molar-refractivity contribution in [3.63, 3.8) is 0 Å². The molecule has 2 nitrogen and oxygen atoms in total. The highest BCUT2D eigenvalue weighted by Gasteiger charge is 2.16. The molecule has 0 saturated carbocycles. The molecule has 0 amide bonds. The van der Waals surface area contributed by atoms with E-state index in [1.165, 1.54) is 36.6 Å². The first kappa shape index (κ1) is 11.8. The Balaban J connectivity index is 2.04. The van der Waals surface area contributed by atoms with Gasteiger partial charge in [-0.3, -0.25) is 4.90 Å². The standard InChI is InChI=1S/C13H20N2S/c1-11(12-3-5-13(14)6-4-12)15-7-2-9-16-10-8-15/h3-6,11H,2,7-10,14H2,1H3. The lowest BCUT2D eigenvalue weighted by Crippen LogP contribution is -2.29. The van der Waals surface area contributed by atoms with E-state index in [1.807, 2.05) is 12.1 Å². The zero-order valence-electron chi connectivity index (χ0n) is 9.86. The first-order chi connectivity index (χ1) is 7.77. The molecule has 3 heteroatoms. The monoisotopic (exact) mass is 236 g/mol. The van der Waals surface area contributed by atoms with Gasteiger partial charge in [0, 0.05) is 24.0 Å². The van der Waals surface area contributed by atoms with E-state index in [9.17, 15) is 0 Å². The molecule has 0 aliphatic carbocycles. The maximum atomic E-state index is 5.71. The summed E-state index contributed by atoms with van der Waals surface area (Å²) in [6, 6.07) is 8.81. The van der Waals surface area contributed by atoms with Crippen molar-refractivity contribution in [3.05, 3.63) is 29.8 Å². The van der Waals surface area contributed by atoms with Crippen LogP contribution in [0, 0.1) is 0 Å². The topological polar surface area (TPSA) is 29.3 Å². The maximum absolute atomic E-state index is 5.71. The van der Waals surface area contributed by atoms with E-state index in [4.69, 9.17) is 5.73 Å². The summed E-state index contributed by atoms with van der Waals surface area (Å²) < 4.78 is 0. The molecule has 1 aromatic rings. The maximum Gasteiger partial charge on any atom is 0.0320 e. The summed E-state index contributed by atoms with van der Waals surface area (Å²) in [7, 11) is 0. The number of rotatable bonds is 2. The summed E-state index contributed by atoms with van der Waals surface area (Å²) in [4.78, 5) is 2.57. The summed E-state index contributed by atoms with van der Waals surface area (Å²) in [6.07, 6.45) is 1.31. The Morgan fingerprint density at radius 1 is 1.19 bits per heavy atom. The van der Waals surface area contributed by atoms with E-state index < -0.39 is 0 Å². The molecular formula is C13H20N2S. The van der Waals surface area contributed by atoms with E-state index in [0.29, 0.717) is 6.04 Å². The fourth-order valence-corrected chi connectivity index (χ4v) is 3.04. The molecule has 1 fully saturated rings. The molecule has 1 aliphatic rings. The van der Waals surface area contributed by atoms with Gasteiger partial charge in [0.25, 0.3) is 0 Å². The van der Waals surface area contributed by atoms with E-state index >= 15 is 0 Å². The minimum absolute atomic E-state index is 0.513. The zero-order valence-corrected chi connectivity index (χ0v) is 10.7. The number of hydrogen-bond acceptors (Lipinski definition) is 3. The molecule has 2 rings (SSSR count). The highest BCUT2D eigenvalue weighted by molar-refractivity contribution is 7.99. The van der Waals surface area contributed by atoms with Gasteiger partial charge in [0.05, 0.1) is 0 Å². The molecule has 0 radical (unpaired) electrons. The molecule has 1 aliphatic heterocycles. The molecule has 1 aromatic carbocycles. The second-order valence-electron chi connectivity index (χ2n) is 4.34. The van der Waals surface area contributed by atoms with Crippen LogP contribution >= 0.6 is 11.8 Å². The highest BCUT2D eigenvalue weighted by Crippen LogP contribution is 2.23. The molecule has 2 N–H and O–H groups in total. The third kappa shape index (κ3) is 2.92. The molecular weight excluding hydrogens is 216 g/mol. The van der Waals surface area contributed by atoms with Gasteiger partial charge in [-0.25, -0.2) is 0 Å². The Hall–Kier alpha value is -0.670. The summed E-state index contributed by atoms with van der Waals surface area (Å²) >= 11 is 2.07. The van der Waals surface area contributed by atoms with Crippen molar-refractivity contribution >= 4 is 17.4 Å². The lowest BCUT2D eigenvalue weighted by Gasteiger charge is -2.27. The molecule has 0 aromatic heterocycles. The number of nitrogen functional groups attached to an aromatic ring is 1. The van der Waals surface area contributed by atoms with Crippen molar-refractivity contribution in [2.24, 2.45) is 0 Å². The van der Waals surface area contributed by atoms with Crippen LogP contribution in [-0.4, -0.2) is 29.5 Å². The third-order valence-corrected chi connectivity index (χ3v) is 4.27. The lowest BCUT2D eigenvalue weighted by molar-refractivity contribution is 0.228. The van der Waals surface area contributed by atoms with E-state index in [0.717, 1.165) is 5.69 Å². The van der Waals surface area contributed by atoms with E-state index in [2.05, 4.69) is 35.7 Å². The predicted molar refractivity (Wildman–Crippen MR) is 72.8 cm³/mol. The van der Waals surface area contributed by atoms with Crippen molar-refractivity contribution in [3.8, 4) is 0 Å². The number of anilines is 1. The SMILES string of the molecule is CC(c1ccc(N)cc1)N1CCCSCC1. The first-order valence-corrected chi connectivity index (χ1v) is 7.10. The average molecular weight is 236 g/mol. The van der Waals surface area contributed by atoms with Crippen LogP contribution in [0.5, 0.6) is 0 Å². The number of nitrogens with zero attached hydrogens (tertiary/aromatic N) is 1. The fraction of sp³-hybridized carbons (Fsp3) is 0.538. The summed E-state index contributed by atoms with van der Waals surface area (Å²) in [5.41, 5.74) is 7.94. The Morgan fingerprint density at radius 2 is 1.94 bits per heavy atom. The van der Waals surface area contributed by atoms with Gasteiger partial charge in [0.15, 0.2) is 0 Å². The summed E-state index contributed by atoms with van der Waals surface area (Å²) in [5, 5.41) is 0. The van der Waals surface area contributed by atoms with Crippen LogP contribution in [-0.2, 0) is 0 Å². The third-order valence-electron chi connectivity index (χ3n) is 3.22. The molecule has 88 valence electrons. The zero-order chi connectivity index (χ0) is 11.4. The van der Waals surface area contributed by atoms with E-state index in [1.54, 1.807) is 0 Å². The van der Waals surface area contributed by atoms with Crippen molar-refractivity contribution in [2.45, 2.75) is 19.4 Å². The minimum Gasteiger partial charge on any atom is -0.399 e. The molecule has 1 unspecified atom stereocenters. The number of benzene rings is 1. The summed E-state index contributed by atoms with van der Waals surface area (Å²) in [6.45, 7) is 4.72. The minimum atomic E-state index is 0.513. The smallest absolute Gasteiger partial charge is 0.0320 e. The average Bonchev–Trinajstić information content (AvgIpc) is 2.57. The predicted octanol–water partition coefficient (Wildman–Crippen LogP) is 2.77. The molecule has 1 heterocycles. The normalized spacial score (nSPS) is 20.3. The highest BCUT2D eigenvalue weighted by atomic mass is 32.2. The van der Waals surface area contributed by atoms with Crippen molar-refractivity contribution in [1.29, 1.82) is 0 Å². The van der Waals surface area contributed by atoms with Gasteiger partial charge in [-0.15, -0.1) is 0 Å². The number of hydrogen-bond donors (Lipinski definition) is 1. The van der Waals surface area contributed by atoms with Crippen LogP contribution in [0.2, 0.25) is 0 Å². The van der Waals surface area contributed by atoms with Crippen LogP contribution in [0.3, 0.4) is 0 Å². The van der Waals surface area contributed by atoms with Gasteiger partial charge in [-0.1, -0.05) is 12.1 Å². The fourth-order valence-electron chi connectivity index (χ4n) is 2.14. The Bertz CT molecular complexity index is 315. The van der Waals surface area contributed by atoms with Gasteiger partial charge < -0.3 is 5.73 Å². The summed E-state index contributed by atoms with van der Waals surface area (Å²) in [5.74, 6) is 2.57. The van der Waals surface area contributed by atoms with Gasteiger partial charge in [-0.05, 0) is 43.3 Å². The second-order valence-corrected chi connectivity index (χ2v) is 5.57. The van der Waals surface area contributed by atoms with Gasteiger partial charge in [-0.2, -0.15) is 11.8 Å². The molecule has 1 atom stereocenters. The van der Waals surface area contributed by atoms with Crippen LogP contribution in [0.4, 0.5) is 5.69 Å². The van der Waals surface area contributed by atoms with Gasteiger partial charge in [0.2, 0.25) is 0 Å².